The average molecular weight is 519 g/mol. The van der Waals surface area contributed by atoms with Crippen LogP contribution in [0.15, 0.2) is 47.7 Å². The van der Waals surface area contributed by atoms with E-state index in [1.54, 1.807) is 13.8 Å². The molecule has 0 spiro atoms. The van der Waals surface area contributed by atoms with E-state index < -0.39 is 47.0 Å². The zero-order valence-corrected chi connectivity index (χ0v) is 21.3. The second kappa shape index (κ2) is 12.7. The van der Waals surface area contributed by atoms with Crippen LogP contribution in [0.4, 0.5) is 10.5 Å². The quantitative estimate of drug-likeness (QED) is 0.0810. The Morgan fingerprint density at radius 2 is 1.76 bits per heavy atom. The van der Waals surface area contributed by atoms with Crippen molar-refractivity contribution in [3.05, 3.63) is 63.4 Å². The number of carbonyl (C=O) groups excluding carboxylic acids is 4. The first-order valence-electron chi connectivity index (χ1n) is 11.3. The number of hydrogen-bond acceptors (Lipinski definition) is 10. The number of nitrogens with zero attached hydrogens (tertiary/aromatic N) is 2. The van der Waals surface area contributed by atoms with Gasteiger partial charge in [-0.25, -0.2) is 9.59 Å². The van der Waals surface area contributed by atoms with Gasteiger partial charge in [0.1, 0.15) is 18.4 Å². The van der Waals surface area contributed by atoms with Gasteiger partial charge in [0, 0.05) is 12.1 Å². The lowest BCUT2D eigenvalue weighted by atomic mass is 9.78. The fourth-order valence-corrected chi connectivity index (χ4v) is 3.97. The van der Waals surface area contributed by atoms with E-state index in [1.165, 1.54) is 50.3 Å². The number of hydrogen-bond donors (Lipinski definition) is 0. The monoisotopic (exact) mass is 518 g/mol. The SMILES string of the molecule is C=C(CC(=O)OC)CC1C([C@H](C)OC(=O)OCc2ccc([N+](=O)[O-])cc2)C(=O)N1C(C(=O)OC)=C(C)C. The van der Waals surface area contributed by atoms with Crippen LogP contribution in [0, 0.1) is 16.0 Å². The Balaban J connectivity index is 2.14. The van der Waals surface area contributed by atoms with Gasteiger partial charge in [-0.1, -0.05) is 12.2 Å². The van der Waals surface area contributed by atoms with Crippen LogP contribution in [0.25, 0.3) is 0 Å². The average Bonchev–Trinajstić information content (AvgIpc) is 2.84. The van der Waals surface area contributed by atoms with Crippen LogP contribution in [-0.2, 0) is 39.9 Å². The maximum Gasteiger partial charge on any atom is 0.508 e. The highest BCUT2D eigenvalue weighted by Gasteiger charge is 2.54. The van der Waals surface area contributed by atoms with E-state index >= 15 is 0 Å². The van der Waals surface area contributed by atoms with Crippen LogP contribution in [0.5, 0.6) is 0 Å². The molecule has 1 aliphatic heterocycles. The third-order valence-corrected chi connectivity index (χ3v) is 5.77. The van der Waals surface area contributed by atoms with E-state index in [1.807, 2.05) is 0 Å². The largest absolute Gasteiger partial charge is 0.508 e. The fourth-order valence-electron chi connectivity index (χ4n) is 3.97. The number of allylic oxidation sites excluding steroid dienone is 1. The standard InChI is InChI=1S/C25H30N2O10/c1-14(2)22(24(30)35-6)26-19(11-15(3)12-20(28)34-5)21(23(26)29)16(4)37-25(31)36-13-17-7-9-18(10-8-17)27(32)33/h7-10,16,19,21H,3,11-13H2,1-2,4-6H3/t16-,19?,21?/m0/s1. The van der Waals surface area contributed by atoms with Gasteiger partial charge in [-0.2, -0.15) is 0 Å². The predicted molar refractivity (Wildman–Crippen MR) is 129 cm³/mol. The van der Waals surface area contributed by atoms with Crippen LogP contribution < -0.4 is 0 Å². The van der Waals surface area contributed by atoms with Gasteiger partial charge in [0.2, 0.25) is 5.91 Å². The number of β-lactam (4-membered cyclic amide) rings is 1. The van der Waals surface area contributed by atoms with Crippen molar-refractivity contribution in [1.82, 2.24) is 4.90 Å². The second-order valence-corrected chi connectivity index (χ2v) is 8.63. The summed E-state index contributed by atoms with van der Waals surface area (Å²) in [6.45, 7) is 8.51. The number of ether oxygens (including phenoxy) is 4. The molecule has 0 aliphatic carbocycles. The van der Waals surface area contributed by atoms with Crippen molar-refractivity contribution in [2.24, 2.45) is 5.92 Å². The number of esters is 2. The van der Waals surface area contributed by atoms with Crippen molar-refractivity contribution < 1.29 is 43.0 Å². The minimum Gasteiger partial charge on any atom is -0.469 e. The van der Waals surface area contributed by atoms with E-state index in [2.05, 4.69) is 11.3 Å². The number of nitro groups is 1. The molecule has 1 amide bonds. The number of likely N-dealkylation sites (tertiary alicyclic amines) is 1. The van der Waals surface area contributed by atoms with Crippen LogP contribution in [0.2, 0.25) is 0 Å². The molecule has 0 saturated carbocycles. The Bertz CT molecular complexity index is 1100. The first-order valence-corrected chi connectivity index (χ1v) is 11.3. The summed E-state index contributed by atoms with van der Waals surface area (Å²) in [5.41, 5.74) is 1.47. The van der Waals surface area contributed by atoms with E-state index in [-0.39, 0.29) is 30.8 Å². The molecular formula is C25H30N2O10. The van der Waals surface area contributed by atoms with Gasteiger partial charge in [0.25, 0.3) is 5.69 Å². The number of carbonyl (C=O) groups is 4. The molecule has 200 valence electrons. The molecule has 1 aromatic carbocycles. The van der Waals surface area contributed by atoms with Gasteiger partial charge in [-0.3, -0.25) is 19.7 Å². The Labute approximate surface area is 213 Å². The molecule has 1 saturated heterocycles. The van der Waals surface area contributed by atoms with Crippen molar-refractivity contribution in [1.29, 1.82) is 0 Å². The highest BCUT2D eigenvalue weighted by Crippen LogP contribution is 2.39. The van der Waals surface area contributed by atoms with Gasteiger partial charge < -0.3 is 23.8 Å². The molecule has 1 heterocycles. The summed E-state index contributed by atoms with van der Waals surface area (Å²) in [7, 11) is 2.44. The molecule has 37 heavy (non-hydrogen) atoms. The predicted octanol–water partition coefficient (Wildman–Crippen LogP) is 3.44. The highest BCUT2D eigenvalue weighted by atomic mass is 16.7. The summed E-state index contributed by atoms with van der Waals surface area (Å²) in [5, 5.41) is 10.8. The van der Waals surface area contributed by atoms with Crippen LogP contribution in [0.3, 0.4) is 0 Å². The molecule has 0 radical (unpaired) electrons. The lowest BCUT2D eigenvalue weighted by Gasteiger charge is -2.49. The maximum atomic E-state index is 13.2. The Hall–Kier alpha value is -4.22. The minimum absolute atomic E-state index is 0.0626. The third kappa shape index (κ3) is 7.15. The summed E-state index contributed by atoms with van der Waals surface area (Å²) in [6.07, 6.45) is -1.93. The van der Waals surface area contributed by atoms with E-state index in [0.717, 1.165) is 0 Å². The van der Waals surface area contributed by atoms with Crippen LogP contribution >= 0.6 is 0 Å². The third-order valence-electron chi connectivity index (χ3n) is 5.77. The summed E-state index contributed by atoms with van der Waals surface area (Å²) >= 11 is 0. The van der Waals surface area contributed by atoms with Crippen molar-refractivity contribution in [3.63, 3.8) is 0 Å². The number of amides is 1. The Morgan fingerprint density at radius 1 is 1.14 bits per heavy atom. The van der Waals surface area contributed by atoms with Crippen LogP contribution in [0.1, 0.15) is 39.2 Å². The van der Waals surface area contributed by atoms with Crippen molar-refractivity contribution >= 4 is 29.7 Å². The molecule has 1 aromatic rings. The number of benzene rings is 1. The topological polar surface area (TPSA) is 152 Å². The number of non-ortho nitro benzene ring substituents is 1. The summed E-state index contributed by atoms with van der Waals surface area (Å²) in [6, 6.07) is 4.80. The molecule has 12 nitrogen and oxygen atoms in total. The fraction of sp³-hybridized carbons (Fsp3) is 0.440. The molecule has 2 unspecified atom stereocenters. The van der Waals surface area contributed by atoms with Crippen LogP contribution in [-0.4, -0.2) is 60.2 Å². The normalized spacial score (nSPS) is 17.1. The Morgan fingerprint density at radius 3 is 2.27 bits per heavy atom. The lowest BCUT2D eigenvalue weighted by Crippen LogP contribution is -2.65. The minimum atomic E-state index is -1.04. The highest BCUT2D eigenvalue weighted by molar-refractivity contribution is 5.99. The van der Waals surface area contributed by atoms with Gasteiger partial charge in [0.05, 0.1) is 37.5 Å². The van der Waals surface area contributed by atoms with E-state index in [4.69, 9.17) is 14.2 Å². The molecule has 0 N–H and O–H groups in total. The maximum absolute atomic E-state index is 13.2. The molecule has 1 aliphatic rings. The first-order chi connectivity index (χ1) is 17.4. The zero-order valence-electron chi connectivity index (χ0n) is 21.3. The van der Waals surface area contributed by atoms with E-state index in [9.17, 15) is 29.3 Å². The van der Waals surface area contributed by atoms with Gasteiger partial charge in [0.15, 0.2) is 0 Å². The molecule has 0 aromatic heterocycles. The number of rotatable bonds is 11. The smallest absolute Gasteiger partial charge is 0.469 e. The Kier molecular flexibility index (Phi) is 9.92. The summed E-state index contributed by atoms with van der Waals surface area (Å²) in [5.74, 6) is -2.52. The van der Waals surface area contributed by atoms with E-state index in [0.29, 0.717) is 16.7 Å². The molecule has 2 rings (SSSR count). The van der Waals surface area contributed by atoms with Crippen molar-refractivity contribution in [3.8, 4) is 0 Å². The van der Waals surface area contributed by atoms with Crippen molar-refractivity contribution in [2.45, 2.75) is 52.4 Å². The molecule has 3 atom stereocenters. The molecule has 1 fully saturated rings. The summed E-state index contributed by atoms with van der Waals surface area (Å²) in [4.78, 5) is 61.0. The summed E-state index contributed by atoms with van der Waals surface area (Å²) < 4.78 is 19.9. The lowest BCUT2D eigenvalue weighted by molar-refractivity contribution is -0.384. The number of nitro benzene ring substituents is 1. The number of methoxy groups -OCH3 is 2. The molecule has 0 bridgehead atoms. The van der Waals surface area contributed by atoms with Gasteiger partial charge in [-0.05, 0) is 50.5 Å². The zero-order chi connectivity index (χ0) is 27.9. The van der Waals surface area contributed by atoms with Crippen molar-refractivity contribution in [2.75, 3.05) is 14.2 Å². The second-order valence-electron chi connectivity index (χ2n) is 8.63. The van der Waals surface area contributed by atoms with Gasteiger partial charge in [-0.15, -0.1) is 0 Å². The molecular weight excluding hydrogens is 488 g/mol. The van der Waals surface area contributed by atoms with Gasteiger partial charge >= 0.3 is 18.1 Å². The first kappa shape index (κ1) is 29.0. The molecule has 12 heteroatoms.